The fraction of sp³-hybridized carbons (Fsp3) is 0.353. The predicted octanol–water partition coefficient (Wildman–Crippen LogP) is 1.74. The van der Waals surface area contributed by atoms with E-state index in [0.717, 1.165) is 43.6 Å². The van der Waals surface area contributed by atoms with Crippen molar-refractivity contribution in [1.82, 2.24) is 9.97 Å². The first kappa shape index (κ1) is 15.1. The predicted molar refractivity (Wildman–Crippen MR) is 91.9 cm³/mol. The second-order valence-corrected chi connectivity index (χ2v) is 5.75. The molecule has 0 unspecified atom stereocenters. The van der Waals surface area contributed by atoms with Gasteiger partial charge in [0.2, 0.25) is 5.95 Å². The first-order valence-electron chi connectivity index (χ1n) is 7.68. The van der Waals surface area contributed by atoms with Crippen molar-refractivity contribution in [3.05, 3.63) is 42.1 Å². The lowest BCUT2D eigenvalue weighted by molar-refractivity contribution is 0.646. The molecule has 1 aliphatic heterocycles. The van der Waals surface area contributed by atoms with E-state index in [-0.39, 0.29) is 0 Å². The van der Waals surface area contributed by atoms with Gasteiger partial charge in [0.15, 0.2) is 0 Å². The quantitative estimate of drug-likeness (QED) is 0.861. The summed E-state index contributed by atoms with van der Waals surface area (Å²) >= 11 is 0. The van der Waals surface area contributed by atoms with Crippen LogP contribution >= 0.6 is 0 Å². The minimum Gasteiger partial charge on any atom is -0.368 e. The summed E-state index contributed by atoms with van der Waals surface area (Å²) < 4.78 is 0. The molecule has 0 N–H and O–H groups in total. The van der Waals surface area contributed by atoms with Crippen molar-refractivity contribution in [3.63, 3.8) is 0 Å². The van der Waals surface area contributed by atoms with Crippen molar-refractivity contribution in [3.8, 4) is 6.07 Å². The molecule has 0 bridgehead atoms. The van der Waals surface area contributed by atoms with Crippen LogP contribution in [0.4, 0.5) is 17.5 Å². The molecule has 1 aromatic carbocycles. The van der Waals surface area contributed by atoms with Gasteiger partial charge in [-0.1, -0.05) is 6.07 Å². The van der Waals surface area contributed by atoms with E-state index in [1.165, 1.54) is 0 Å². The van der Waals surface area contributed by atoms with Crippen LogP contribution in [0, 0.1) is 11.3 Å². The fourth-order valence-electron chi connectivity index (χ4n) is 2.70. The molecule has 6 heteroatoms. The number of piperazine rings is 1. The Labute approximate surface area is 136 Å². The van der Waals surface area contributed by atoms with Gasteiger partial charge in [-0.3, -0.25) is 0 Å². The maximum absolute atomic E-state index is 9.03. The zero-order chi connectivity index (χ0) is 16.2. The number of hydrogen-bond acceptors (Lipinski definition) is 6. The highest BCUT2D eigenvalue weighted by Gasteiger charge is 2.19. The van der Waals surface area contributed by atoms with Crippen LogP contribution in [-0.2, 0) is 0 Å². The van der Waals surface area contributed by atoms with E-state index in [0.29, 0.717) is 5.56 Å². The van der Waals surface area contributed by atoms with Crippen LogP contribution in [0.2, 0.25) is 0 Å². The largest absolute Gasteiger partial charge is 0.368 e. The number of anilines is 3. The molecule has 0 saturated carbocycles. The SMILES string of the molecule is CN(C)c1nccc(N2CCN(c3cccc(C#N)c3)CC2)n1. The normalized spacial score (nSPS) is 14.5. The monoisotopic (exact) mass is 308 g/mol. The van der Waals surface area contributed by atoms with Gasteiger partial charge in [-0.15, -0.1) is 0 Å². The standard InChI is InChI=1S/C17H20N6/c1-21(2)17-19-7-6-16(20-17)23-10-8-22(9-11-23)15-5-3-4-14(12-15)13-18/h3-7,12H,8-11H2,1-2H3. The third-order valence-corrected chi connectivity index (χ3v) is 3.97. The lowest BCUT2D eigenvalue weighted by Crippen LogP contribution is -2.47. The Morgan fingerprint density at radius 1 is 1.09 bits per heavy atom. The van der Waals surface area contributed by atoms with Gasteiger partial charge in [-0.05, 0) is 24.3 Å². The van der Waals surface area contributed by atoms with Crippen LogP contribution < -0.4 is 14.7 Å². The molecule has 23 heavy (non-hydrogen) atoms. The Morgan fingerprint density at radius 2 is 1.83 bits per heavy atom. The fourth-order valence-corrected chi connectivity index (χ4v) is 2.70. The van der Waals surface area contributed by atoms with Crippen molar-refractivity contribution in [2.75, 3.05) is 55.0 Å². The van der Waals surface area contributed by atoms with E-state index < -0.39 is 0 Å². The van der Waals surface area contributed by atoms with Crippen LogP contribution in [0.1, 0.15) is 5.56 Å². The van der Waals surface area contributed by atoms with E-state index in [4.69, 9.17) is 5.26 Å². The van der Waals surface area contributed by atoms with Crippen molar-refractivity contribution >= 4 is 17.5 Å². The maximum Gasteiger partial charge on any atom is 0.226 e. The molecule has 1 fully saturated rings. The lowest BCUT2D eigenvalue weighted by Gasteiger charge is -2.36. The van der Waals surface area contributed by atoms with Gasteiger partial charge in [-0.2, -0.15) is 10.2 Å². The smallest absolute Gasteiger partial charge is 0.226 e. The third kappa shape index (κ3) is 3.34. The molecule has 1 aliphatic rings. The van der Waals surface area contributed by atoms with E-state index in [1.807, 2.05) is 43.3 Å². The van der Waals surface area contributed by atoms with E-state index in [1.54, 1.807) is 6.20 Å². The van der Waals surface area contributed by atoms with Crippen LogP contribution in [-0.4, -0.2) is 50.2 Å². The topological polar surface area (TPSA) is 59.3 Å². The van der Waals surface area contributed by atoms with Crippen LogP contribution in [0.25, 0.3) is 0 Å². The Morgan fingerprint density at radius 3 is 2.52 bits per heavy atom. The zero-order valence-corrected chi connectivity index (χ0v) is 13.5. The number of aromatic nitrogens is 2. The Balaban J connectivity index is 1.68. The minimum atomic E-state index is 0.705. The van der Waals surface area contributed by atoms with E-state index >= 15 is 0 Å². The summed E-state index contributed by atoms with van der Waals surface area (Å²) in [5.41, 5.74) is 1.82. The average molecular weight is 308 g/mol. The van der Waals surface area contributed by atoms with Crippen molar-refractivity contribution in [1.29, 1.82) is 5.26 Å². The van der Waals surface area contributed by atoms with Crippen LogP contribution in [0.5, 0.6) is 0 Å². The van der Waals surface area contributed by atoms with Gasteiger partial charge in [0.1, 0.15) is 5.82 Å². The molecule has 0 spiro atoms. The number of nitriles is 1. The van der Waals surface area contributed by atoms with Crippen molar-refractivity contribution < 1.29 is 0 Å². The molecule has 2 aromatic rings. The molecule has 0 atom stereocenters. The molecule has 6 nitrogen and oxygen atoms in total. The molecule has 1 saturated heterocycles. The van der Waals surface area contributed by atoms with Gasteiger partial charge in [-0.25, -0.2) is 4.98 Å². The molecule has 2 heterocycles. The van der Waals surface area contributed by atoms with Crippen LogP contribution in [0.3, 0.4) is 0 Å². The van der Waals surface area contributed by atoms with Gasteiger partial charge in [0, 0.05) is 52.2 Å². The Hall–Kier alpha value is -2.81. The molecule has 0 aliphatic carbocycles. The Bertz CT molecular complexity index is 713. The lowest BCUT2D eigenvalue weighted by atomic mass is 10.2. The first-order valence-corrected chi connectivity index (χ1v) is 7.68. The molecule has 3 rings (SSSR count). The number of nitrogens with zero attached hydrogens (tertiary/aromatic N) is 6. The average Bonchev–Trinajstić information content (AvgIpc) is 2.62. The van der Waals surface area contributed by atoms with Gasteiger partial charge in [0.25, 0.3) is 0 Å². The highest BCUT2D eigenvalue weighted by Crippen LogP contribution is 2.20. The van der Waals surface area contributed by atoms with E-state index in [9.17, 15) is 0 Å². The molecule has 0 radical (unpaired) electrons. The highest BCUT2D eigenvalue weighted by atomic mass is 15.3. The summed E-state index contributed by atoms with van der Waals surface area (Å²) in [6.45, 7) is 3.63. The van der Waals surface area contributed by atoms with Gasteiger partial charge >= 0.3 is 0 Å². The van der Waals surface area contributed by atoms with Crippen LogP contribution in [0.15, 0.2) is 36.5 Å². The summed E-state index contributed by atoms with van der Waals surface area (Å²) in [6.07, 6.45) is 1.81. The molecule has 118 valence electrons. The van der Waals surface area contributed by atoms with Gasteiger partial charge < -0.3 is 14.7 Å². The van der Waals surface area contributed by atoms with E-state index in [2.05, 4.69) is 31.9 Å². The highest BCUT2D eigenvalue weighted by molar-refractivity contribution is 5.53. The molecular formula is C17H20N6. The summed E-state index contributed by atoms with van der Waals surface area (Å²) in [7, 11) is 3.89. The van der Waals surface area contributed by atoms with Crippen molar-refractivity contribution in [2.24, 2.45) is 0 Å². The summed E-state index contributed by atoms with van der Waals surface area (Å²) in [4.78, 5) is 15.4. The second kappa shape index (κ2) is 6.53. The first-order chi connectivity index (χ1) is 11.2. The number of rotatable bonds is 3. The molecule has 1 aromatic heterocycles. The van der Waals surface area contributed by atoms with Crippen molar-refractivity contribution in [2.45, 2.75) is 0 Å². The summed E-state index contributed by atoms with van der Waals surface area (Å²) in [5, 5.41) is 9.03. The molecule has 0 amide bonds. The maximum atomic E-state index is 9.03. The van der Waals surface area contributed by atoms with Gasteiger partial charge in [0.05, 0.1) is 11.6 Å². The zero-order valence-electron chi connectivity index (χ0n) is 13.5. The molecular weight excluding hydrogens is 288 g/mol. The Kier molecular flexibility index (Phi) is 4.29. The summed E-state index contributed by atoms with van der Waals surface area (Å²) in [6, 6.07) is 11.9. The second-order valence-electron chi connectivity index (χ2n) is 5.75. The number of benzene rings is 1. The minimum absolute atomic E-state index is 0.705. The third-order valence-electron chi connectivity index (χ3n) is 3.97. The summed E-state index contributed by atoms with van der Waals surface area (Å²) in [5.74, 6) is 1.70. The number of hydrogen-bond donors (Lipinski definition) is 0.